The molecule has 1 heterocycles. The van der Waals surface area contributed by atoms with Gasteiger partial charge in [-0.1, -0.05) is 5.11 Å². The van der Waals surface area contributed by atoms with E-state index in [1.54, 1.807) is 0 Å². The van der Waals surface area contributed by atoms with Crippen LogP contribution in [-0.4, -0.2) is 44.2 Å². The smallest absolute Gasteiger partial charge is 0.309 e. The van der Waals surface area contributed by atoms with Gasteiger partial charge in [-0.3, -0.25) is 4.79 Å². The summed E-state index contributed by atoms with van der Waals surface area (Å²) < 4.78 is 5.12. The fourth-order valence-corrected chi connectivity index (χ4v) is 1.71. The average Bonchev–Trinajstić information content (AvgIpc) is 2.29. The van der Waals surface area contributed by atoms with Crippen LogP contribution in [0.1, 0.15) is 19.3 Å². The lowest BCUT2D eigenvalue weighted by Crippen LogP contribution is -2.34. The lowest BCUT2D eigenvalue weighted by molar-refractivity contribution is -0.150. The molecule has 1 aliphatic rings. The van der Waals surface area contributed by atoms with Crippen LogP contribution in [0.25, 0.3) is 10.4 Å². The molecule has 0 saturated carbocycles. The molecular weight excluding hydrogens is 208 g/mol. The highest BCUT2D eigenvalue weighted by molar-refractivity contribution is 5.72. The van der Waals surface area contributed by atoms with Crippen LogP contribution in [0.5, 0.6) is 0 Å². The van der Waals surface area contributed by atoms with E-state index < -0.39 is 0 Å². The number of azide groups is 1. The number of piperidine rings is 1. The van der Waals surface area contributed by atoms with Gasteiger partial charge < -0.3 is 9.64 Å². The molecule has 16 heavy (non-hydrogen) atoms. The zero-order valence-corrected chi connectivity index (χ0v) is 9.63. The maximum Gasteiger partial charge on any atom is 0.309 e. The van der Waals surface area contributed by atoms with Crippen molar-refractivity contribution in [1.82, 2.24) is 4.90 Å². The Bertz CT molecular complexity index is 268. The summed E-state index contributed by atoms with van der Waals surface area (Å²) in [6, 6.07) is 0. The number of carbonyl (C=O) groups excluding carboxylic acids is 1. The summed E-state index contributed by atoms with van der Waals surface area (Å²) in [5, 5.41) is 3.37. The zero-order chi connectivity index (χ0) is 11.8. The number of carbonyl (C=O) groups is 1. The molecule has 0 aromatic rings. The van der Waals surface area contributed by atoms with Gasteiger partial charge >= 0.3 is 5.97 Å². The highest BCUT2D eigenvalue weighted by Crippen LogP contribution is 2.17. The maximum absolute atomic E-state index is 11.6. The lowest BCUT2D eigenvalue weighted by Gasteiger charge is -2.27. The second-order valence-corrected chi connectivity index (χ2v) is 4.05. The van der Waals surface area contributed by atoms with Gasteiger partial charge in [0.15, 0.2) is 0 Å². The van der Waals surface area contributed by atoms with Crippen molar-refractivity contribution >= 4 is 5.97 Å². The van der Waals surface area contributed by atoms with E-state index in [0.717, 1.165) is 25.9 Å². The molecule has 0 amide bonds. The van der Waals surface area contributed by atoms with Gasteiger partial charge in [0, 0.05) is 11.5 Å². The van der Waals surface area contributed by atoms with Gasteiger partial charge in [0.1, 0.15) is 0 Å². The number of esters is 1. The molecule has 0 aromatic heterocycles. The molecule has 6 nitrogen and oxygen atoms in total. The van der Waals surface area contributed by atoms with Gasteiger partial charge in [0.25, 0.3) is 0 Å². The van der Waals surface area contributed by atoms with Crippen LogP contribution in [0.2, 0.25) is 0 Å². The first-order valence-corrected chi connectivity index (χ1v) is 5.60. The minimum absolute atomic E-state index is 0.0515. The fourth-order valence-electron chi connectivity index (χ4n) is 1.71. The summed E-state index contributed by atoms with van der Waals surface area (Å²) >= 11 is 0. The van der Waals surface area contributed by atoms with E-state index in [9.17, 15) is 4.79 Å². The summed E-state index contributed by atoms with van der Waals surface area (Å²) in [5.41, 5.74) is 8.05. The molecule has 0 spiro atoms. The van der Waals surface area contributed by atoms with Crippen LogP contribution >= 0.6 is 0 Å². The third kappa shape index (κ3) is 4.51. The standard InChI is InChI=1S/C10H18N4O2/c1-14-6-3-9(4-7-14)10(15)16-8-2-5-12-13-11/h9H,2-8H2,1H3. The fraction of sp³-hybridized carbons (Fsp3) is 0.900. The second kappa shape index (κ2) is 7.09. The topological polar surface area (TPSA) is 78.3 Å². The van der Waals surface area contributed by atoms with E-state index in [0.29, 0.717) is 19.6 Å². The van der Waals surface area contributed by atoms with Gasteiger partial charge in [-0.15, -0.1) is 0 Å². The van der Waals surface area contributed by atoms with E-state index >= 15 is 0 Å². The Labute approximate surface area is 95.2 Å². The Hall–Kier alpha value is -1.26. The summed E-state index contributed by atoms with van der Waals surface area (Å²) in [4.78, 5) is 16.4. The van der Waals surface area contributed by atoms with Crippen LogP contribution in [0.4, 0.5) is 0 Å². The van der Waals surface area contributed by atoms with Gasteiger partial charge in [0.05, 0.1) is 12.5 Å². The van der Waals surface area contributed by atoms with Crippen molar-refractivity contribution < 1.29 is 9.53 Å². The summed E-state index contributed by atoms with van der Waals surface area (Å²) in [7, 11) is 2.06. The molecule has 1 aliphatic heterocycles. The number of nitrogens with zero attached hydrogens (tertiary/aromatic N) is 4. The highest BCUT2D eigenvalue weighted by atomic mass is 16.5. The molecule has 0 unspecified atom stereocenters. The Balaban J connectivity index is 2.12. The third-order valence-electron chi connectivity index (χ3n) is 2.76. The molecule has 1 saturated heterocycles. The molecule has 0 atom stereocenters. The Morgan fingerprint density at radius 1 is 1.56 bits per heavy atom. The minimum atomic E-state index is -0.103. The number of likely N-dealkylation sites (tertiary alicyclic amines) is 1. The number of ether oxygens (including phenoxy) is 1. The number of hydrogen-bond acceptors (Lipinski definition) is 4. The largest absolute Gasteiger partial charge is 0.465 e. The summed E-state index contributed by atoms with van der Waals surface area (Å²) in [5.74, 6) is -0.0512. The van der Waals surface area contributed by atoms with Crippen molar-refractivity contribution in [1.29, 1.82) is 0 Å². The normalized spacial score (nSPS) is 17.8. The first kappa shape index (κ1) is 12.8. The summed E-state index contributed by atoms with van der Waals surface area (Å²) in [6.45, 7) is 2.65. The summed E-state index contributed by atoms with van der Waals surface area (Å²) in [6.07, 6.45) is 2.36. The molecule has 6 heteroatoms. The van der Waals surface area contributed by atoms with Crippen LogP contribution in [0.3, 0.4) is 0 Å². The van der Waals surface area contributed by atoms with Crippen molar-refractivity contribution in [3.63, 3.8) is 0 Å². The van der Waals surface area contributed by atoms with Gasteiger partial charge in [-0.25, -0.2) is 0 Å². The molecule has 0 N–H and O–H groups in total. The van der Waals surface area contributed by atoms with E-state index in [2.05, 4.69) is 22.0 Å². The highest BCUT2D eigenvalue weighted by Gasteiger charge is 2.24. The maximum atomic E-state index is 11.6. The van der Waals surface area contributed by atoms with Crippen LogP contribution in [0, 0.1) is 5.92 Å². The molecule has 0 radical (unpaired) electrons. The predicted octanol–water partition coefficient (Wildman–Crippen LogP) is 1.57. The van der Waals surface area contributed by atoms with Gasteiger partial charge in [0.2, 0.25) is 0 Å². The average molecular weight is 226 g/mol. The first-order chi connectivity index (χ1) is 7.74. The molecule has 1 rings (SSSR count). The quantitative estimate of drug-likeness (QED) is 0.235. The molecule has 0 bridgehead atoms. The van der Waals surface area contributed by atoms with Crippen molar-refractivity contribution in [2.24, 2.45) is 11.0 Å². The molecule has 1 fully saturated rings. The van der Waals surface area contributed by atoms with Crippen molar-refractivity contribution in [2.45, 2.75) is 19.3 Å². The minimum Gasteiger partial charge on any atom is -0.465 e. The first-order valence-electron chi connectivity index (χ1n) is 5.60. The van der Waals surface area contributed by atoms with E-state index in [1.807, 2.05) is 0 Å². The zero-order valence-electron chi connectivity index (χ0n) is 9.63. The van der Waals surface area contributed by atoms with E-state index in [-0.39, 0.29) is 11.9 Å². The number of rotatable bonds is 5. The SMILES string of the molecule is CN1CCC(C(=O)OCCCN=[N+]=[N-])CC1. The molecular formula is C10H18N4O2. The number of hydrogen-bond donors (Lipinski definition) is 0. The van der Waals surface area contributed by atoms with Crippen molar-refractivity contribution in [3.8, 4) is 0 Å². The Morgan fingerprint density at radius 3 is 2.88 bits per heavy atom. The van der Waals surface area contributed by atoms with Crippen LogP contribution in [0.15, 0.2) is 5.11 Å². The van der Waals surface area contributed by atoms with Crippen LogP contribution in [-0.2, 0) is 9.53 Å². The second-order valence-electron chi connectivity index (χ2n) is 4.05. The van der Waals surface area contributed by atoms with Crippen molar-refractivity contribution in [2.75, 3.05) is 33.3 Å². The van der Waals surface area contributed by atoms with Gasteiger partial charge in [-0.05, 0) is 44.9 Å². The van der Waals surface area contributed by atoms with Gasteiger partial charge in [-0.2, -0.15) is 0 Å². The molecule has 0 aromatic carbocycles. The van der Waals surface area contributed by atoms with E-state index in [1.165, 1.54) is 0 Å². The predicted molar refractivity (Wildman–Crippen MR) is 59.8 cm³/mol. The van der Waals surface area contributed by atoms with E-state index in [4.69, 9.17) is 10.3 Å². The Morgan fingerprint density at radius 2 is 2.25 bits per heavy atom. The monoisotopic (exact) mass is 226 g/mol. The van der Waals surface area contributed by atoms with Crippen molar-refractivity contribution in [3.05, 3.63) is 10.4 Å². The van der Waals surface area contributed by atoms with Crippen LogP contribution < -0.4 is 0 Å². The lowest BCUT2D eigenvalue weighted by atomic mass is 9.97. The Kier molecular flexibility index (Phi) is 5.67. The molecule has 0 aliphatic carbocycles. The molecule has 90 valence electrons. The third-order valence-corrected chi connectivity index (χ3v) is 2.76.